The van der Waals surface area contributed by atoms with Crippen LogP contribution in [0, 0.1) is 67.2 Å². The maximum atomic E-state index is 3.43. The zero-order valence-electron chi connectivity index (χ0n) is 21.8. The quantitative estimate of drug-likeness (QED) is 0.272. The van der Waals surface area contributed by atoms with E-state index in [0.717, 1.165) is 11.1 Å². The van der Waals surface area contributed by atoms with Crippen molar-refractivity contribution in [3.63, 3.8) is 0 Å². The third-order valence-electron chi connectivity index (χ3n) is 6.72. The number of hydrogen-bond donors (Lipinski definition) is 0. The van der Waals surface area contributed by atoms with Gasteiger partial charge in [-0.3, -0.25) is 0 Å². The molecule has 0 saturated carbocycles. The highest BCUT2D eigenvalue weighted by Crippen LogP contribution is 2.31. The van der Waals surface area contributed by atoms with Crippen molar-refractivity contribution in [3.8, 4) is 34.1 Å². The van der Waals surface area contributed by atoms with Crippen LogP contribution in [0.5, 0.6) is 0 Å². The molecule has 170 valence electrons. The highest BCUT2D eigenvalue weighted by molar-refractivity contribution is 5.74. The first-order valence-electron chi connectivity index (χ1n) is 12.0. The monoisotopic (exact) mass is 442 g/mol. The lowest BCUT2D eigenvalue weighted by molar-refractivity contribution is 1.31. The topological polar surface area (TPSA) is 0 Å². The molecule has 0 N–H and O–H groups in total. The van der Waals surface area contributed by atoms with Gasteiger partial charge in [-0.05, 0) is 123 Å². The molecular weight excluding hydrogens is 408 g/mol. The summed E-state index contributed by atoms with van der Waals surface area (Å²) >= 11 is 0. The molecule has 0 fully saturated rings. The number of rotatable bonds is 2. The Kier molecular flexibility index (Phi) is 6.49. The summed E-state index contributed by atoms with van der Waals surface area (Å²) in [5.41, 5.74) is 17.7. The van der Waals surface area contributed by atoms with Crippen LogP contribution in [0.3, 0.4) is 0 Å². The van der Waals surface area contributed by atoms with Crippen molar-refractivity contribution in [1.29, 1.82) is 0 Å². The first-order chi connectivity index (χ1) is 16.1. The average molecular weight is 443 g/mol. The van der Waals surface area contributed by atoms with E-state index in [1.165, 1.54) is 66.8 Å². The summed E-state index contributed by atoms with van der Waals surface area (Å²) in [6.45, 7) is 17.4. The van der Waals surface area contributed by atoms with Crippen LogP contribution < -0.4 is 0 Å². The van der Waals surface area contributed by atoms with Crippen LogP contribution in [-0.2, 0) is 0 Å². The molecule has 0 spiro atoms. The van der Waals surface area contributed by atoms with Crippen molar-refractivity contribution >= 4 is 0 Å². The van der Waals surface area contributed by atoms with E-state index >= 15 is 0 Å². The fraction of sp³-hybridized carbons (Fsp3) is 0.235. The Labute approximate surface area is 205 Å². The third kappa shape index (κ3) is 4.71. The second-order valence-electron chi connectivity index (χ2n) is 9.86. The van der Waals surface area contributed by atoms with E-state index in [9.17, 15) is 0 Å². The molecule has 4 aromatic rings. The minimum Gasteiger partial charge on any atom is -0.0614 e. The predicted octanol–water partition coefficient (Wildman–Crippen LogP) is 8.89. The summed E-state index contributed by atoms with van der Waals surface area (Å²) in [4.78, 5) is 0. The molecule has 0 radical (unpaired) electrons. The molecule has 0 aliphatic carbocycles. The Morgan fingerprint density at radius 2 is 0.706 bits per heavy atom. The van der Waals surface area contributed by atoms with Crippen LogP contribution in [0.1, 0.15) is 55.6 Å². The normalized spacial score (nSPS) is 10.7. The first kappa shape index (κ1) is 23.6. The Hall–Kier alpha value is -3.56. The average Bonchev–Trinajstić information content (AvgIpc) is 2.73. The lowest BCUT2D eigenvalue weighted by atomic mass is 9.91. The molecule has 0 heterocycles. The third-order valence-corrected chi connectivity index (χ3v) is 6.72. The largest absolute Gasteiger partial charge is 0.0614 e. The zero-order valence-corrected chi connectivity index (χ0v) is 21.8. The summed E-state index contributed by atoms with van der Waals surface area (Å²) in [5, 5.41) is 0. The van der Waals surface area contributed by atoms with Gasteiger partial charge in [0.15, 0.2) is 0 Å². The molecule has 0 unspecified atom stereocenters. The van der Waals surface area contributed by atoms with E-state index in [-0.39, 0.29) is 0 Å². The Bertz CT molecular complexity index is 1310. The van der Waals surface area contributed by atoms with Crippen molar-refractivity contribution in [2.45, 2.75) is 55.4 Å². The molecule has 4 rings (SSSR count). The van der Waals surface area contributed by atoms with Gasteiger partial charge in [-0.2, -0.15) is 0 Å². The Morgan fingerprint density at radius 1 is 0.382 bits per heavy atom. The summed E-state index contributed by atoms with van der Waals surface area (Å²) in [7, 11) is 0. The van der Waals surface area contributed by atoms with Crippen LogP contribution in [0.2, 0.25) is 0 Å². The number of benzene rings is 4. The van der Waals surface area contributed by atoms with Crippen molar-refractivity contribution in [2.75, 3.05) is 0 Å². The zero-order chi connectivity index (χ0) is 24.6. The van der Waals surface area contributed by atoms with Gasteiger partial charge in [0.05, 0.1) is 0 Å². The van der Waals surface area contributed by atoms with Gasteiger partial charge in [0.25, 0.3) is 0 Å². The molecular formula is C34H34. The van der Waals surface area contributed by atoms with Gasteiger partial charge in [-0.25, -0.2) is 0 Å². The smallest absolute Gasteiger partial charge is 0.0278 e. The summed E-state index contributed by atoms with van der Waals surface area (Å²) < 4.78 is 0. The maximum Gasteiger partial charge on any atom is 0.0278 e. The lowest BCUT2D eigenvalue weighted by Gasteiger charge is -2.13. The number of hydrogen-bond acceptors (Lipinski definition) is 0. The number of aryl methyl sites for hydroxylation is 8. The van der Waals surface area contributed by atoms with Crippen molar-refractivity contribution < 1.29 is 0 Å². The first-order valence-corrected chi connectivity index (χ1v) is 12.0. The van der Waals surface area contributed by atoms with Crippen LogP contribution in [0.15, 0.2) is 60.7 Å². The molecule has 0 saturated heterocycles. The minimum atomic E-state index is 1.08. The molecule has 0 heteroatoms. The highest BCUT2D eigenvalue weighted by atomic mass is 14.1. The fourth-order valence-corrected chi connectivity index (χ4v) is 5.32. The fourth-order valence-electron chi connectivity index (χ4n) is 5.32. The molecule has 0 bridgehead atoms. The predicted molar refractivity (Wildman–Crippen MR) is 148 cm³/mol. The molecule has 0 amide bonds. The minimum absolute atomic E-state index is 1.08. The van der Waals surface area contributed by atoms with Gasteiger partial charge < -0.3 is 0 Å². The molecule has 4 aromatic carbocycles. The van der Waals surface area contributed by atoms with E-state index in [0.29, 0.717) is 0 Å². The van der Waals surface area contributed by atoms with Gasteiger partial charge >= 0.3 is 0 Å². The van der Waals surface area contributed by atoms with Crippen LogP contribution in [0.25, 0.3) is 22.3 Å². The van der Waals surface area contributed by atoms with Crippen LogP contribution in [-0.4, -0.2) is 0 Å². The summed E-state index contributed by atoms with van der Waals surface area (Å²) in [5.74, 6) is 6.85. The van der Waals surface area contributed by atoms with Crippen molar-refractivity contribution in [3.05, 3.63) is 116 Å². The second-order valence-corrected chi connectivity index (χ2v) is 9.86. The van der Waals surface area contributed by atoms with Crippen molar-refractivity contribution in [1.82, 2.24) is 0 Å². The van der Waals surface area contributed by atoms with E-state index in [4.69, 9.17) is 0 Å². The molecule has 0 aromatic heterocycles. The van der Waals surface area contributed by atoms with Gasteiger partial charge in [-0.1, -0.05) is 71.5 Å². The molecule has 0 atom stereocenters. The van der Waals surface area contributed by atoms with E-state index in [1.54, 1.807) is 0 Å². The Morgan fingerprint density at radius 3 is 1.00 bits per heavy atom. The van der Waals surface area contributed by atoms with Crippen molar-refractivity contribution in [2.24, 2.45) is 0 Å². The summed E-state index contributed by atoms with van der Waals surface area (Å²) in [6.07, 6.45) is 0. The second kappa shape index (κ2) is 9.36. The van der Waals surface area contributed by atoms with Gasteiger partial charge in [0, 0.05) is 11.1 Å². The molecule has 0 aliphatic rings. The SMILES string of the molecule is Cc1cc(C)c(-c2ccc(C#Cc3ccc(-c4c(C)cc(C)cc4C)cc3C)c(C)c2)c(C)c1. The van der Waals surface area contributed by atoms with Gasteiger partial charge in [0.2, 0.25) is 0 Å². The molecule has 0 aliphatic heterocycles. The molecule has 0 nitrogen and oxygen atoms in total. The van der Waals surface area contributed by atoms with Gasteiger partial charge in [0.1, 0.15) is 0 Å². The Balaban J connectivity index is 1.65. The van der Waals surface area contributed by atoms with Gasteiger partial charge in [-0.15, -0.1) is 0 Å². The standard InChI is InChI=1S/C34H34/c1-21-15-25(5)33(26(6)16-21)31-13-11-29(23(3)19-31)9-10-30-12-14-32(20-24(30)4)34-27(7)17-22(2)18-28(34)8/h11-20H,1-8H3. The summed E-state index contributed by atoms with van der Waals surface area (Å²) in [6, 6.07) is 22.3. The van der Waals surface area contributed by atoms with E-state index in [2.05, 4.69) is 128 Å². The molecule has 34 heavy (non-hydrogen) atoms. The van der Waals surface area contributed by atoms with E-state index in [1.807, 2.05) is 0 Å². The highest BCUT2D eigenvalue weighted by Gasteiger charge is 2.10. The van der Waals surface area contributed by atoms with E-state index < -0.39 is 0 Å². The lowest BCUT2D eigenvalue weighted by Crippen LogP contribution is -1.93. The van der Waals surface area contributed by atoms with Crippen LogP contribution >= 0.6 is 0 Å². The maximum absolute atomic E-state index is 3.43. The van der Waals surface area contributed by atoms with Crippen LogP contribution in [0.4, 0.5) is 0 Å².